The van der Waals surface area contributed by atoms with Crippen LogP contribution >= 0.6 is 11.8 Å². The van der Waals surface area contributed by atoms with E-state index in [2.05, 4.69) is 15.5 Å². The van der Waals surface area contributed by atoms with Crippen molar-refractivity contribution < 1.29 is 18.7 Å². The lowest BCUT2D eigenvalue weighted by atomic mass is 10.0. The molecule has 3 heterocycles. The summed E-state index contributed by atoms with van der Waals surface area (Å²) in [6.07, 6.45) is 1.48. The van der Waals surface area contributed by atoms with Crippen molar-refractivity contribution in [1.82, 2.24) is 20.1 Å². The topological polar surface area (TPSA) is 91.4 Å². The first-order valence-corrected chi connectivity index (χ1v) is 10.7. The minimum absolute atomic E-state index is 0.103. The number of ether oxygens (including phenoxy) is 2. The first-order valence-electron chi connectivity index (χ1n) is 9.73. The summed E-state index contributed by atoms with van der Waals surface area (Å²) in [5.41, 5.74) is 0.709. The van der Waals surface area contributed by atoms with Crippen molar-refractivity contribution >= 4 is 17.7 Å². The Balaban J connectivity index is 1.77. The number of benzene rings is 1. The lowest BCUT2D eigenvalue weighted by Crippen LogP contribution is -2.34. The maximum atomic E-state index is 11.7. The van der Waals surface area contributed by atoms with Crippen LogP contribution in [0.2, 0.25) is 0 Å². The number of carbonyl (C=O) groups excluding carboxylic acids is 1. The van der Waals surface area contributed by atoms with Gasteiger partial charge in [-0.2, -0.15) is 0 Å². The van der Waals surface area contributed by atoms with E-state index in [4.69, 9.17) is 13.9 Å². The van der Waals surface area contributed by atoms with Crippen LogP contribution in [0.4, 0.5) is 0 Å². The normalized spacial score (nSPS) is 16.4. The lowest BCUT2D eigenvalue weighted by molar-refractivity contribution is -0.123. The zero-order valence-corrected chi connectivity index (χ0v) is 18.0. The van der Waals surface area contributed by atoms with Crippen molar-refractivity contribution in [1.29, 1.82) is 0 Å². The number of carbonyl (C=O) groups is 1. The number of thioether (sulfide) groups is 1. The zero-order chi connectivity index (χ0) is 21.1. The van der Waals surface area contributed by atoms with Crippen LogP contribution in [0.5, 0.6) is 11.5 Å². The number of aromatic nitrogens is 3. The molecule has 0 spiro atoms. The molecule has 158 valence electrons. The SMILES string of the molecule is COc1cccc(OC)c1-n1c(SCC2CCNC(=O)C2)nnc1-c1ccc(C)o1. The van der Waals surface area contributed by atoms with Gasteiger partial charge in [-0.15, -0.1) is 10.2 Å². The van der Waals surface area contributed by atoms with Crippen molar-refractivity contribution in [3.8, 4) is 28.8 Å². The Morgan fingerprint density at radius 3 is 2.60 bits per heavy atom. The average Bonchev–Trinajstić information content (AvgIpc) is 3.37. The van der Waals surface area contributed by atoms with Crippen molar-refractivity contribution in [2.24, 2.45) is 5.92 Å². The maximum Gasteiger partial charge on any atom is 0.220 e. The highest BCUT2D eigenvalue weighted by atomic mass is 32.2. The first-order chi connectivity index (χ1) is 14.6. The number of amides is 1. The molecule has 1 unspecified atom stereocenters. The van der Waals surface area contributed by atoms with Gasteiger partial charge in [-0.1, -0.05) is 17.8 Å². The Bertz CT molecular complexity index is 1020. The summed E-state index contributed by atoms with van der Waals surface area (Å²) in [6, 6.07) is 9.37. The third-order valence-electron chi connectivity index (χ3n) is 5.02. The minimum Gasteiger partial charge on any atom is -0.494 e. The van der Waals surface area contributed by atoms with Crippen LogP contribution in [-0.2, 0) is 4.79 Å². The smallest absolute Gasteiger partial charge is 0.220 e. The second-order valence-electron chi connectivity index (χ2n) is 7.08. The van der Waals surface area contributed by atoms with Gasteiger partial charge in [0, 0.05) is 18.7 Å². The monoisotopic (exact) mass is 428 g/mol. The molecule has 9 heteroatoms. The molecule has 0 bridgehead atoms. The Morgan fingerprint density at radius 2 is 1.97 bits per heavy atom. The van der Waals surface area contributed by atoms with E-state index >= 15 is 0 Å². The molecular weight excluding hydrogens is 404 g/mol. The molecule has 1 aliphatic rings. The van der Waals surface area contributed by atoms with Crippen molar-refractivity contribution in [2.75, 3.05) is 26.5 Å². The van der Waals surface area contributed by atoms with Gasteiger partial charge in [-0.3, -0.25) is 9.36 Å². The third-order valence-corrected chi connectivity index (χ3v) is 6.18. The van der Waals surface area contributed by atoms with E-state index in [1.54, 1.807) is 26.0 Å². The van der Waals surface area contributed by atoms with Crippen LogP contribution in [0, 0.1) is 12.8 Å². The van der Waals surface area contributed by atoms with Crippen molar-refractivity contribution in [3.05, 3.63) is 36.1 Å². The molecule has 1 aliphatic heterocycles. The molecule has 30 heavy (non-hydrogen) atoms. The first kappa shape index (κ1) is 20.3. The number of piperidine rings is 1. The number of methoxy groups -OCH3 is 2. The number of nitrogens with one attached hydrogen (secondary N) is 1. The van der Waals surface area contributed by atoms with Crippen LogP contribution < -0.4 is 14.8 Å². The highest BCUT2D eigenvalue weighted by Crippen LogP contribution is 2.39. The van der Waals surface area contributed by atoms with Crippen LogP contribution in [0.15, 0.2) is 39.9 Å². The number of furan rings is 1. The van der Waals surface area contributed by atoms with Gasteiger partial charge in [0.15, 0.2) is 10.9 Å². The van der Waals surface area contributed by atoms with Crippen LogP contribution in [0.1, 0.15) is 18.6 Å². The van der Waals surface area contributed by atoms with E-state index in [1.807, 2.05) is 41.8 Å². The predicted octanol–water partition coefficient (Wildman–Crippen LogP) is 3.47. The summed E-state index contributed by atoms with van der Waals surface area (Å²) in [5, 5.41) is 12.4. The van der Waals surface area contributed by atoms with E-state index < -0.39 is 0 Å². The minimum atomic E-state index is 0.103. The quantitative estimate of drug-likeness (QED) is 0.576. The number of nitrogens with zero attached hydrogens (tertiary/aromatic N) is 3. The number of hydrogen-bond donors (Lipinski definition) is 1. The molecule has 0 saturated carbocycles. The predicted molar refractivity (Wildman–Crippen MR) is 113 cm³/mol. The molecule has 8 nitrogen and oxygen atoms in total. The highest BCUT2D eigenvalue weighted by Gasteiger charge is 2.26. The van der Waals surface area contributed by atoms with Crippen LogP contribution in [-0.4, -0.2) is 47.2 Å². The summed E-state index contributed by atoms with van der Waals surface area (Å²) in [5.74, 6) is 4.39. The maximum absolute atomic E-state index is 11.7. The Morgan fingerprint density at radius 1 is 1.20 bits per heavy atom. The summed E-state index contributed by atoms with van der Waals surface area (Å²) in [7, 11) is 3.24. The second-order valence-corrected chi connectivity index (χ2v) is 8.07. The van der Waals surface area contributed by atoms with Gasteiger partial charge in [0.2, 0.25) is 11.7 Å². The van der Waals surface area contributed by atoms with Crippen LogP contribution in [0.3, 0.4) is 0 Å². The molecule has 0 radical (unpaired) electrons. The average molecular weight is 429 g/mol. The molecule has 1 aromatic carbocycles. The van der Waals surface area contributed by atoms with E-state index in [-0.39, 0.29) is 5.91 Å². The second kappa shape index (κ2) is 8.83. The number of hydrogen-bond acceptors (Lipinski definition) is 7. The van der Waals surface area contributed by atoms with Crippen molar-refractivity contribution in [2.45, 2.75) is 24.9 Å². The molecular formula is C21H24N4O4S. The molecule has 1 fully saturated rings. The molecule has 2 aromatic heterocycles. The fourth-order valence-electron chi connectivity index (χ4n) is 3.52. The molecule has 4 rings (SSSR count). The van der Waals surface area contributed by atoms with E-state index in [0.29, 0.717) is 52.8 Å². The lowest BCUT2D eigenvalue weighted by Gasteiger charge is -2.21. The van der Waals surface area contributed by atoms with Crippen molar-refractivity contribution in [3.63, 3.8) is 0 Å². The Hall–Kier alpha value is -2.94. The number of para-hydroxylation sites is 1. The Labute approximate surface area is 179 Å². The molecule has 1 amide bonds. The largest absolute Gasteiger partial charge is 0.494 e. The third kappa shape index (κ3) is 4.02. The Kier molecular flexibility index (Phi) is 5.98. The zero-order valence-electron chi connectivity index (χ0n) is 17.2. The standard InChI is InChI=1S/C21H24N4O4S/c1-13-7-8-17(29-13)20-23-24-21(30-12-14-9-10-22-18(26)11-14)25(20)19-15(27-2)5-4-6-16(19)28-3/h4-8,14H,9-12H2,1-3H3,(H,22,26). The summed E-state index contributed by atoms with van der Waals surface area (Å²) >= 11 is 1.57. The fourth-order valence-corrected chi connectivity index (χ4v) is 4.59. The molecule has 3 aromatic rings. The van der Waals surface area contributed by atoms with Gasteiger partial charge in [0.1, 0.15) is 22.9 Å². The molecule has 1 saturated heterocycles. The van der Waals surface area contributed by atoms with E-state index in [9.17, 15) is 4.79 Å². The number of aryl methyl sites for hydroxylation is 1. The van der Waals surface area contributed by atoms with Gasteiger partial charge in [0.05, 0.1) is 14.2 Å². The van der Waals surface area contributed by atoms with Gasteiger partial charge in [-0.25, -0.2) is 0 Å². The molecule has 1 N–H and O–H groups in total. The van der Waals surface area contributed by atoms with E-state index in [0.717, 1.165) is 17.9 Å². The number of rotatable bonds is 7. The van der Waals surface area contributed by atoms with Gasteiger partial charge in [-0.05, 0) is 43.5 Å². The van der Waals surface area contributed by atoms with Gasteiger partial charge in [0.25, 0.3) is 0 Å². The van der Waals surface area contributed by atoms with Crippen LogP contribution in [0.25, 0.3) is 17.3 Å². The molecule has 0 aliphatic carbocycles. The van der Waals surface area contributed by atoms with E-state index in [1.165, 1.54) is 0 Å². The molecule has 1 atom stereocenters. The highest BCUT2D eigenvalue weighted by molar-refractivity contribution is 7.99. The summed E-state index contributed by atoms with van der Waals surface area (Å²) in [6.45, 7) is 2.60. The fraction of sp³-hybridized carbons (Fsp3) is 0.381. The van der Waals surface area contributed by atoms with Gasteiger partial charge < -0.3 is 19.2 Å². The summed E-state index contributed by atoms with van der Waals surface area (Å²) < 4.78 is 19.0. The summed E-state index contributed by atoms with van der Waals surface area (Å²) in [4.78, 5) is 11.7. The van der Waals surface area contributed by atoms with Gasteiger partial charge >= 0.3 is 0 Å².